The summed E-state index contributed by atoms with van der Waals surface area (Å²) >= 11 is 5.10. The maximum absolute atomic E-state index is 4.13. The van der Waals surface area contributed by atoms with E-state index < -0.39 is 0 Å². The zero-order chi connectivity index (χ0) is 12.6. The van der Waals surface area contributed by atoms with Crippen LogP contribution in [0.5, 0.6) is 0 Å². The summed E-state index contributed by atoms with van der Waals surface area (Å²) in [6.07, 6.45) is 3.15. The van der Waals surface area contributed by atoms with E-state index in [1.807, 2.05) is 24.5 Å². The fourth-order valence-electron chi connectivity index (χ4n) is 1.36. The van der Waals surface area contributed by atoms with Crippen molar-refractivity contribution in [3.63, 3.8) is 0 Å². The molecule has 0 amide bonds. The molecule has 1 heterocycles. The lowest BCUT2D eigenvalue weighted by Gasteiger charge is -2.04. The molecule has 0 spiro atoms. The lowest BCUT2D eigenvalue weighted by Crippen LogP contribution is -2.01. The highest BCUT2D eigenvalue weighted by Gasteiger charge is 2.02. The molecule has 1 N–H and O–H groups in total. The van der Waals surface area contributed by atoms with Crippen LogP contribution in [-0.4, -0.2) is 28.8 Å². The molecule has 0 fully saturated rings. The number of anilines is 1. The van der Waals surface area contributed by atoms with Gasteiger partial charge in [-0.15, -0.1) is 10.2 Å². The van der Waals surface area contributed by atoms with E-state index in [1.54, 1.807) is 34.9 Å². The van der Waals surface area contributed by atoms with Gasteiger partial charge in [0.05, 0.1) is 0 Å². The molecule has 0 unspecified atom stereocenters. The Morgan fingerprint density at radius 3 is 2.67 bits per heavy atom. The second-order valence-corrected chi connectivity index (χ2v) is 6.91. The van der Waals surface area contributed by atoms with Gasteiger partial charge in [0.15, 0.2) is 8.68 Å². The minimum absolute atomic E-state index is 0.991. The number of benzene rings is 1. The van der Waals surface area contributed by atoms with Crippen LogP contribution < -0.4 is 5.32 Å². The van der Waals surface area contributed by atoms with Crippen LogP contribution in [0.1, 0.15) is 6.42 Å². The quantitative estimate of drug-likeness (QED) is 0.620. The average molecular weight is 297 g/mol. The summed E-state index contributed by atoms with van der Waals surface area (Å²) in [7, 11) is 0. The maximum atomic E-state index is 4.13. The van der Waals surface area contributed by atoms with E-state index in [0.29, 0.717) is 0 Å². The Kier molecular flexibility index (Phi) is 5.83. The molecule has 0 saturated carbocycles. The van der Waals surface area contributed by atoms with Gasteiger partial charge in [-0.2, -0.15) is 0 Å². The molecule has 0 bridgehead atoms. The van der Waals surface area contributed by atoms with E-state index in [0.717, 1.165) is 27.4 Å². The molecule has 0 saturated heterocycles. The highest BCUT2D eigenvalue weighted by atomic mass is 32.2. The van der Waals surface area contributed by atoms with Gasteiger partial charge in [0.2, 0.25) is 0 Å². The summed E-state index contributed by atoms with van der Waals surface area (Å²) in [5.41, 5.74) is 1.18. The fraction of sp³-hybridized carbons (Fsp3) is 0.333. The summed E-state index contributed by atoms with van der Waals surface area (Å²) in [4.78, 5) is 0. The van der Waals surface area contributed by atoms with E-state index >= 15 is 0 Å². The van der Waals surface area contributed by atoms with Gasteiger partial charge in [-0.25, -0.2) is 0 Å². The third-order valence-electron chi connectivity index (χ3n) is 2.21. The van der Waals surface area contributed by atoms with E-state index in [2.05, 4.69) is 27.6 Å². The molecule has 96 valence electrons. The summed E-state index contributed by atoms with van der Waals surface area (Å²) in [5.74, 6) is 1.07. The largest absolute Gasteiger partial charge is 0.385 e. The Bertz CT molecular complexity index is 459. The SMILES string of the molecule is CSc1nnc(SCCCNc2ccccc2)s1. The van der Waals surface area contributed by atoms with Gasteiger partial charge in [-0.1, -0.05) is 53.1 Å². The first-order valence-electron chi connectivity index (χ1n) is 5.67. The number of thioether (sulfide) groups is 2. The zero-order valence-corrected chi connectivity index (χ0v) is 12.6. The molecular formula is C12H15N3S3. The van der Waals surface area contributed by atoms with Crippen LogP contribution in [0.4, 0.5) is 5.69 Å². The third kappa shape index (κ3) is 4.51. The van der Waals surface area contributed by atoms with Crippen LogP contribution in [0, 0.1) is 0 Å². The average Bonchev–Trinajstić information content (AvgIpc) is 2.87. The first kappa shape index (κ1) is 13.7. The van der Waals surface area contributed by atoms with E-state index in [9.17, 15) is 0 Å². The van der Waals surface area contributed by atoms with Gasteiger partial charge in [-0.3, -0.25) is 0 Å². The molecule has 2 aromatic rings. The molecule has 1 aromatic carbocycles. The number of nitrogens with zero attached hydrogens (tertiary/aromatic N) is 2. The van der Waals surface area contributed by atoms with E-state index in [-0.39, 0.29) is 0 Å². The number of rotatable bonds is 7. The van der Waals surface area contributed by atoms with Crippen molar-refractivity contribution in [1.82, 2.24) is 10.2 Å². The molecular weight excluding hydrogens is 282 g/mol. The molecule has 6 heteroatoms. The highest BCUT2D eigenvalue weighted by molar-refractivity contribution is 8.02. The Morgan fingerprint density at radius 2 is 1.94 bits per heavy atom. The molecule has 1 aromatic heterocycles. The van der Waals surface area contributed by atoms with Gasteiger partial charge in [-0.05, 0) is 24.8 Å². The van der Waals surface area contributed by atoms with Crippen molar-refractivity contribution in [3.05, 3.63) is 30.3 Å². The fourth-order valence-corrected chi connectivity index (χ4v) is 3.81. The standard InChI is InChI=1S/C12H15N3S3/c1-16-11-14-15-12(18-11)17-9-5-8-13-10-6-3-2-4-7-10/h2-4,6-7,13H,5,8-9H2,1H3. The predicted octanol–water partition coefficient (Wildman–Crippen LogP) is 3.85. The van der Waals surface area contributed by atoms with E-state index in [1.165, 1.54) is 5.69 Å². The first-order chi connectivity index (χ1) is 8.88. The summed E-state index contributed by atoms with van der Waals surface area (Å²) in [5, 5.41) is 11.6. The van der Waals surface area contributed by atoms with Crippen LogP contribution >= 0.6 is 34.9 Å². The van der Waals surface area contributed by atoms with Crippen molar-refractivity contribution < 1.29 is 0 Å². The normalized spacial score (nSPS) is 10.5. The van der Waals surface area contributed by atoms with Crippen LogP contribution in [0.25, 0.3) is 0 Å². The highest BCUT2D eigenvalue weighted by Crippen LogP contribution is 2.27. The van der Waals surface area contributed by atoms with Crippen molar-refractivity contribution in [2.24, 2.45) is 0 Å². The first-order valence-corrected chi connectivity index (χ1v) is 8.70. The van der Waals surface area contributed by atoms with Crippen molar-refractivity contribution in [2.45, 2.75) is 15.1 Å². The van der Waals surface area contributed by atoms with Crippen molar-refractivity contribution in [1.29, 1.82) is 0 Å². The molecule has 0 aliphatic heterocycles. The van der Waals surface area contributed by atoms with Crippen LogP contribution in [-0.2, 0) is 0 Å². The van der Waals surface area contributed by atoms with Gasteiger partial charge in [0, 0.05) is 18.0 Å². The smallest absolute Gasteiger partial charge is 0.175 e. The number of para-hydroxylation sites is 1. The van der Waals surface area contributed by atoms with Crippen molar-refractivity contribution in [3.8, 4) is 0 Å². The lowest BCUT2D eigenvalue weighted by molar-refractivity contribution is 0.949. The number of hydrogen-bond acceptors (Lipinski definition) is 6. The second kappa shape index (κ2) is 7.66. The van der Waals surface area contributed by atoms with Crippen LogP contribution in [0.15, 0.2) is 39.0 Å². The van der Waals surface area contributed by atoms with Gasteiger partial charge in [0.25, 0.3) is 0 Å². The summed E-state index contributed by atoms with van der Waals surface area (Å²) in [6, 6.07) is 10.3. The number of hydrogen-bond donors (Lipinski definition) is 1. The maximum Gasteiger partial charge on any atom is 0.175 e. The topological polar surface area (TPSA) is 37.8 Å². The monoisotopic (exact) mass is 297 g/mol. The summed E-state index contributed by atoms with van der Waals surface area (Å²) in [6.45, 7) is 0.991. The van der Waals surface area contributed by atoms with Crippen LogP contribution in [0.2, 0.25) is 0 Å². The Balaban J connectivity index is 1.61. The minimum Gasteiger partial charge on any atom is -0.385 e. The second-order valence-electron chi connectivity index (χ2n) is 3.53. The minimum atomic E-state index is 0.991. The molecule has 2 rings (SSSR count). The summed E-state index contributed by atoms with van der Waals surface area (Å²) < 4.78 is 2.11. The van der Waals surface area contributed by atoms with Crippen LogP contribution in [0.3, 0.4) is 0 Å². The zero-order valence-electron chi connectivity index (χ0n) is 10.1. The molecule has 18 heavy (non-hydrogen) atoms. The van der Waals surface area contributed by atoms with Crippen molar-refractivity contribution in [2.75, 3.05) is 23.9 Å². The molecule has 0 aliphatic carbocycles. The Morgan fingerprint density at radius 1 is 1.17 bits per heavy atom. The van der Waals surface area contributed by atoms with E-state index in [4.69, 9.17) is 0 Å². The third-order valence-corrected chi connectivity index (χ3v) is 5.33. The Labute approximate surface area is 120 Å². The molecule has 0 atom stereocenters. The Hall–Kier alpha value is -0.720. The molecule has 0 aliphatic rings. The van der Waals surface area contributed by atoms with Crippen molar-refractivity contribution >= 4 is 40.5 Å². The lowest BCUT2D eigenvalue weighted by atomic mass is 10.3. The van der Waals surface area contributed by atoms with Gasteiger partial charge < -0.3 is 5.32 Å². The molecule has 3 nitrogen and oxygen atoms in total. The van der Waals surface area contributed by atoms with Gasteiger partial charge >= 0.3 is 0 Å². The van der Waals surface area contributed by atoms with Gasteiger partial charge in [0.1, 0.15) is 0 Å². The predicted molar refractivity (Wildman–Crippen MR) is 82.0 cm³/mol. The number of nitrogens with one attached hydrogen (secondary N) is 1. The molecule has 0 radical (unpaired) electrons. The number of aromatic nitrogens is 2.